The van der Waals surface area contributed by atoms with Gasteiger partial charge in [-0.25, -0.2) is 0 Å². The van der Waals surface area contributed by atoms with Crippen LogP contribution < -0.4 is 10.6 Å². The number of amides is 1. The molecule has 0 saturated carbocycles. The standard InChI is InChI=1S/C15H20N2O4S/c1-20-14(18)10-22-9-11-3-2-4-12(7-11)17-15(19)13-8-21-6-5-16-13/h2-4,7,13,16H,5-6,8-10H2,1H3,(H,17,19). The summed E-state index contributed by atoms with van der Waals surface area (Å²) in [6.07, 6.45) is 0. The van der Waals surface area contributed by atoms with Crippen LogP contribution >= 0.6 is 11.8 Å². The first-order chi connectivity index (χ1) is 10.7. The minimum atomic E-state index is -0.314. The second-order valence-electron chi connectivity index (χ2n) is 4.84. The Hall–Kier alpha value is -1.57. The molecule has 0 aromatic heterocycles. The highest BCUT2D eigenvalue weighted by Crippen LogP contribution is 2.17. The molecular weight excluding hydrogens is 304 g/mol. The van der Waals surface area contributed by atoms with Crippen LogP contribution in [0.25, 0.3) is 0 Å². The molecule has 1 fully saturated rings. The number of hydrogen-bond acceptors (Lipinski definition) is 6. The van der Waals surface area contributed by atoms with Crippen LogP contribution in [0.15, 0.2) is 24.3 Å². The Morgan fingerprint density at radius 1 is 1.50 bits per heavy atom. The Morgan fingerprint density at radius 3 is 3.09 bits per heavy atom. The molecule has 7 heteroatoms. The van der Waals surface area contributed by atoms with Crippen LogP contribution in [0.2, 0.25) is 0 Å². The van der Waals surface area contributed by atoms with Crippen molar-refractivity contribution in [3.8, 4) is 0 Å². The Morgan fingerprint density at radius 2 is 2.36 bits per heavy atom. The van der Waals surface area contributed by atoms with Crippen molar-refractivity contribution in [3.05, 3.63) is 29.8 Å². The lowest BCUT2D eigenvalue weighted by molar-refractivity contribution is -0.137. The topological polar surface area (TPSA) is 76.7 Å². The first kappa shape index (κ1) is 16.8. The zero-order valence-corrected chi connectivity index (χ0v) is 13.3. The molecule has 0 bridgehead atoms. The number of anilines is 1. The molecule has 1 saturated heterocycles. The second kappa shape index (κ2) is 8.77. The number of methoxy groups -OCH3 is 1. The highest BCUT2D eigenvalue weighted by Gasteiger charge is 2.21. The first-order valence-corrected chi connectivity index (χ1v) is 8.20. The zero-order valence-electron chi connectivity index (χ0n) is 12.5. The third kappa shape index (κ3) is 5.32. The molecule has 1 aromatic carbocycles. The first-order valence-electron chi connectivity index (χ1n) is 7.04. The maximum atomic E-state index is 12.1. The van der Waals surface area contributed by atoms with Crippen LogP contribution in [0, 0.1) is 0 Å². The molecule has 2 rings (SSSR count). The molecule has 1 amide bonds. The number of thioether (sulfide) groups is 1. The molecule has 1 aliphatic rings. The van der Waals surface area contributed by atoms with Gasteiger partial charge in [0.2, 0.25) is 5.91 Å². The number of carbonyl (C=O) groups is 2. The maximum Gasteiger partial charge on any atom is 0.315 e. The van der Waals surface area contributed by atoms with E-state index in [4.69, 9.17) is 4.74 Å². The fourth-order valence-corrected chi connectivity index (χ4v) is 2.82. The van der Waals surface area contributed by atoms with Gasteiger partial charge in [0.1, 0.15) is 6.04 Å². The van der Waals surface area contributed by atoms with E-state index in [1.165, 1.54) is 18.9 Å². The van der Waals surface area contributed by atoms with Gasteiger partial charge < -0.3 is 20.1 Å². The molecule has 0 spiro atoms. The van der Waals surface area contributed by atoms with Gasteiger partial charge in [0.05, 0.1) is 26.1 Å². The van der Waals surface area contributed by atoms with E-state index in [0.29, 0.717) is 31.3 Å². The minimum absolute atomic E-state index is 0.0981. The summed E-state index contributed by atoms with van der Waals surface area (Å²) >= 11 is 1.48. The quantitative estimate of drug-likeness (QED) is 0.761. The fraction of sp³-hybridized carbons (Fsp3) is 0.467. The Bertz CT molecular complexity index is 518. The Kier molecular flexibility index (Phi) is 6.70. The summed E-state index contributed by atoms with van der Waals surface area (Å²) in [5, 5.41) is 5.99. The Balaban J connectivity index is 1.85. The van der Waals surface area contributed by atoms with Crippen molar-refractivity contribution < 1.29 is 19.1 Å². The van der Waals surface area contributed by atoms with Crippen LogP contribution in [-0.2, 0) is 24.8 Å². The highest BCUT2D eigenvalue weighted by atomic mass is 32.2. The normalized spacial score (nSPS) is 17.8. The smallest absolute Gasteiger partial charge is 0.315 e. The van der Waals surface area contributed by atoms with E-state index in [0.717, 1.165) is 11.3 Å². The third-order valence-corrected chi connectivity index (χ3v) is 4.13. The molecule has 0 aliphatic carbocycles. The van der Waals surface area contributed by atoms with E-state index in [-0.39, 0.29) is 17.9 Å². The summed E-state index contributed by atoms with van der Waals surface area (Å²) in [5.74, 6) is 0.664. The van der Waals surface area contributed by atoms with E-state index >= 15 is 0 Å². The lowest BCUT2D eigenvalue weighted by Gasteiger charge is -2.23. The van der Waals surface area contributed by atoms with Crippen molar-refractivity contribution in [3.63, 3.8) is 0 Å². The molecule has 1 aliphatic heterocycles. The summed E-state index contributed by atoms with van der Waals surface area (Å²) in [4.78, 5) is 23.2. The average molecular weight is 324 g/mol. The summed E-state index contributed by atoms with van der Waals surface area (Å²) < 4.78 is 9.88. The zero-order chi connectivity index (χ0) is 15.8. The largest absolute Gasteiger partial charge is 0.468 e. The van der Waals surface area contributed by atoms with Crippen molar-refractivity contribution in [2.45, 2.75) is 11.8 Å². The fourth-order valence-electron chi connectivity index (χ4n) is 2.01. The molecule has 1 unspecified atom stereocenters. The van der Waals surface area contributed by atoms with Crippen LogP contribution in [-0.4, -0.2) is 50.5 Å². The minimum Gasteiger partial charge on any atom is -0.468 e. The SMILES string of the molecule is COC(=O)CSCc1cccc(NC(=O)C2COCCN2)c1. The number of morpholine rings is 1. The summed E-state index contributed by atoms with van der Waals surface area (Å²) in [6.45, 7) is 1.71. The molecule has 6 nitrogen and oxygen atoms in total. The van der Waals surface area contributed by atoms with E-state index in [9.17, 15) is 9.59 Å². The van der Waals surface area contributed by atoms with Gasteiger partial charge in [-0.1, -0.05) is 12.1 Å². The van der Waals surface area contributed by atoms with Gasteiger partial charge in [0, 0.05) is 18.0 Å². The van der Waals surface area contributed by atoms with Crippen LogP contribution in [0.3, 0.4) is 0 Å². The molecule has 120 valence electrons. The maximum absolute atomic E-state index is 12.1. The van der Waals surface area contributed by atoms with Gasteiger partial charge in [0.25, 0.3) is 0 Å². The van der Waals surface area contributed by atoms with Crippen molar-refractivity contribution >= 4 is 29.3 Å². The third-order valence-electron chi connectivity index (χ3n) is 3.15. The number of benzene rings is 1. The van der Waals surface area contributed by atoms with Crippen molar-refractivity contribution in [2.75, 3.05) is 37.9 Å². The van der Waals surface area contributed by atoms with Crippen LogP contribution in [0.1, 0.15) is 5.56 Å². The average Bonchev–Trinajstić information content (AvgIpc) is 2.56. The number of carbonyl (C=O) groups excluding carboxylic acids is 2. The lowest BCUT2D eigenvalue weighted by Crippen LogP contribution is -2.48. The number of esters is 1. The molecule has 22 heavy (non-hydrogen) atoms. The van der Waals surface area contributed by atoms with Crippen LogP contribution in [0.5, 0.6) is 0 Å². The molecule has 0 radical (unpaired) electrons. The number of rotatable bonds is 6. The number of hydrogen-bond donors (Lipinski definition) is 2. The van der Waals surface area contributed by atoms with E-state index in [2.05, 4.69) is 15.4 Å². The van der Waals surface area contributed by atoms with E-state index in [1.807, 2.05) is 24.3 Å². The molecular formula is C15H20N2O4S. The highest BCUT2D eigenvalue weighted by molar-refractivity contribution is 7.99. The monoisotopic (exact) mass is 324 g/mol. The molecule has 1 aromatic rings. The predicted octanol–water partition coefficient (Wildman–Crippen LogP) is 1.02. The summed E-state index contributed by atoms with van der Waals surface area (Å²) in [6, 6.07) is 7.28. The Labute approximate surface area is 133 Å². The predicted molar refractivity (Wildman–Crippen MR) is 85.9 cm³/mol. The lowest BCUT2D eigenvalue weighted by atomic mass is 10.2. The van der Waals surface area contributed by atoms with E-state index < -0.39 is 0 Å². The van der Waals surface area contributed by atoms with Crippen molar-refractivity contribution in [1.82, 2.24) is 5.32 Å². The van der Waals surface area contributed by atoms with Gasteiger partial charge in [-0.15, -0.1) is 11.8 Å². The van der Waals surface area contributed by atoms with Gasteiger partial charge >= 0.3 is 5.97 Å². The summed E-state index contributed by atoms with van der Waals surface area (Å²) in [7, 11) is 1.38. The second-order valence-corrected chi connectivity index (χ2v) is 5.83. The molecule has 1 atom stereocenters. The van der Waals surface area contributed by atoms with Gasteiger partial charge in [-0.05, 0) is 17.7 Å². The summed E-state index contributed by atoms with van der Waals surface area (Å²) in [5.41, 5.74) is 1.79. The van der Waals surface area contributed by atoms with Gasteiger partial charge in [-0.2, -0.15) is 0 Å². The van der Waals surface area contributed by atoms with E-state index in [1.54, 1.807) is 0 Å². The van der Waals surface area contributed by atoms with Crippen molar-refractivity contribution in [1.29, 1.82) is 0 Å². The molecule has 2 N–H and O–H groups in total. The van der Waals surface area contributed by atoms with Gasteiger partial charge in [-0.3, -0.25) is 9.59 Å². The van der Waals surface area contributed by atoms with Crippen LogP contribution in [0.4, 0.5) is 5.69 Å². The molecule has 1 heterocycles. The number of ether oxygens (including phenoxy) is 2. The number of nitrogens with one attached hydrogen (secondary N) is 2. The van der Waals surface area contributed by atoms with Crippen molar-refractivity contribution in [2.24, 2.45) is 0 Å². The van der Waals surface area contributed by atoms with Gasteiger partial charge in [0.15, 0.2) is 0 Å².